The van der Waals surface area contributed by atoms with Crippen molar-refractivity contribution in [3.05, 3.63) is 0 Å². The molecule has 0 saturated heterocycles. The Morgan fingerprint density at radius 2 is 1.47 bits per heavy atom. The van der Waals surface area contributed by atoms with E-state index in [-0.39, 0.29) is 30.2 Å². The molecule has 0 aromatic heterocycles. The Hall–Kier alpha value is -0.480. The Bertz CT molecular complexity index is 254. The van der Waals surface area contributed by atoms with Gasteiger partial charge in [-0.05, 0) is 20.8 Å². The van der Waals surface area contributed by atoms with Crippen LogP contribution in [-0.2, 0) is 19.1 Å². The molecule has 0 heterocycles. The minimum atomic E-state index is -0.479. The molecule has 3 atom stereocenters. The van der Waals surface area contributed by atoms with Gasteiger partial charge in [-0.1, -0.05) is 0 Å². The molecule has 0 aliphatic carbocycles. The summed E-state index contributed by atoms with van der Waals surface area (Å²) in [7, 11) is 0. The first kappa shape index (κ1) is 16.5. The van der Waals surface area contributed by atoms with E-state index in [0.717, 1.165) is 0 Å². The van der Waals surface area contributed by atoms with Crippen LogP contribution < -0.4 is 0 Å². The van der Waals surface area contributed by atoms with Gasteiger partial charge in [0, 0.05) is 10.8 Å². The molecule has 0 fully saturated rings. The molecular formula is C11H18Cl2O4. The first-order chi connectivity index (χ1) is 7.81. The summed E-state index contributed by atoms with van der Waals surface area (Å²) in [6, 6.07) is 0. The van der Waals surface area contributed by atoms with Gasteiger partial charge in [0.05, 0.1) is 12.8 Å². The van der Waals surface area contributed by atoms with E-state index in [1.54, 1.807) is 20.8 Å². The second-order valence-corrected chi connectivity index (χ2v) is 5.44. The van der Waals surface area contributed by atoms with E-state index in [1.807, 2.05) is 0 Å². The molecule has 0 spiro atoms. The van der Waals surface area contributed by atoms with Crippen molar-refractivity contribution in [3.8, 4) is 0 Å². The van der Waals surface area contributed by atoms with E-state index in [2.05, 4.69) is 0 Å². The maximum absolute atomic E-state index is 11.2. The molecule has 0 aromatic carbocycles. The zero-order valence-electron chi connectivity index (χ0n) is 10.2. The summed E-state index contributed by atoms with van der Waals surface area (Å²) in [5, 5.41) is -0.535. The highest BCUT2D eigenvalue weighted by Crippen LogP contribution is 2.05. The van der Waals surface area contributed by atoms with Gasteiger partial charge in [-0.3, -0.25) is 9.59 Å². The van der Waals surface area contributed by atoms with Gasteiger partial charge < -0.3 is 9.47 Å². The summed E-state index contributed by atoms with van der Waals surface area (Å²) in [6.45, 7) is 5.09. The topological polar surface area (TPSA) is 52.6 Å². The van der Waals surface area contributed by atoms with Gasteiger partial charge in [-0.25, -0.2) is 0 Å². The van der Waals surface area contributed by atoms with E-state index in [9.17, 15) is 9.59 Å². The third-order valence-electron chi connectivity index (χ3n) is 1.71. The fraction of sp³-hybridized carbons (Fsp3) is 0.818. The highest BCUT2D eigenvalue weighted by molar-refractivity contribution is 6.21. The summed E-state index contributed by atoms with van der Waals surface area (Å²) in [6.07, 6.45) is -0.202. The molecule has 0 aromatic rings. The van der Waals surface area contributed by atoms with Gasteiger partial charge in [0.1, 0.15) is 12.7 Å². The smallest absolute Gasteiger partial charge is 0.307 e. The summed E-state index contributed by atoms with van der Waals surface area (Å²) >= 11 is 11.3. The Labute approximate surface area is 112 Å². The molecule has 0 aliphatic heterocycles. The van der Waals surface area contributed by atoms with Crippen LogP contribution in [0.1, 0.15) is 33.6 Å². The van der Waals surface area contributed by atoms with Gasteiger partial charge in [0.25, 0.3) is 0 Å². The normalized spacial score (nSPS) is 15.8. The van der Waals surface area contributed by atoms with Crippen LogP contribution in [0.4, 0.5) is 0 Å². The number of halogens is 2. The van der Waals surface area contributed by atoms with Crippen LogP contribution in [0.25, 0.3) is 0 Å². The van der Waals surface area contributed by atoms with Gasteiger partial charge in [0.2, 0.25) is 0 Å². The van der Waals surface area contributed by atoms with Crippen LogP contribution >= 0.6 is 23.2 Å². The molecule has 6 heteroatoms. The number of carbonyl (C=O) groups is 2. The second kappa shape index (κ2) is 8.59. The summed E-state index contributed by atoms with van der Waals surface area (Å²) in [5.41, 5.74) is 0. The van der Waals surface area contributed by atoms with Crippen molar-refractivity contribution in [2.45, 2.75) is 50.5 Å². The highest BCUT2D eigenvalue weighted by atomic mass is 35.5. The van der Waals surface area contributed by atoms with Crippen molar-refractivity contribution in [1.82, 2.24) is 0 Å². The molecule has 0 radical (unpaired) electrons. The largest absolute Gasteiger partial charge is 0.462 e. The maximum Gasteiger partial charge on any atom is 0.307 e. The van der Waals surface area contributed by atoms with E-state index < -0.39 is 18.0 Å². The van der Waals surface area contributed by atoms with Crippen LogP contribution in [-0.4, -0.2) is 35.4 Å². The molecule has 4 nitrogen and oxygen atoms in total. The molecule has 0 amide bonds. The average Bonchev–Trinajstić information content (AvgIpc) is 2.12. The Morgan fingerprint density at radius 3 is 1.94 bits per heavy atom. The lowest BCUT2D eigenvalue weighted by atomic mass is 10.3. The lowest BCUT2D eigenvalue weighted by Gasteiger charge is -2.14. The lowest BCUT2D eigenvalue weighted by molar-refractivity contribution is -0.157. The number of ether oxygens (including phenoxy) is 2. The number of carbonyl (C=O) groups excluding carboxylic acids is 2. The predicted octanol–water partition coefficient (Wildman–Crippen LogP) is 2.50. The van der Waals surface area contributed by atoms with Gasteiger partial charge in [-0.15, -0.1) is 23.2 Å². The van der Waals surface area contributed by atoms with Crippen molar-refractivity contribution in [2.75, 3.05) is 6.61 Å². The van der Waals surface area contributed by atoms with Crippen molar-refractivity contribution >= 4 is 35.1 Å². The zero-order valence-corrected chi connectivity index (χ0v) is 11.8. The zero-order chi connectivity index (χ0) is 13.4. The molecule has 17 heavy (non-hydrogen) atoms. The maximum atomic E-state index is 11.2. The molecular weight excluding hydrogens is 267 g/mol. The van der Waals surface area contributed by atoms with E-state index in [4.69, 9.17) is 32.7 Å². The molecule has 0 aliphatic rings. The Kier molecular flexibility index (Phi) is 8.35. The number of esters is 2. The fourth-order valence-electron chi connectivity index (χ4n) is 1.04. The van der Waals surface area contributed by atoms with Crippen LogP contribution in [0.3, 0.4) is 0 Å². The number of alkyl halides is 2. The Balaban J connectivity index is 3.75. The molecule has 0 rings (SSSR count). The summed E-state index contributed by atoms with van der Waals surface area (Å²) < 4.78 is 9.87. The molecule has 100 valence electrons. The van der Waals surface area contributed by atoms with Crippen LogP contribution in [0, 0.1) is 0 Å². The standard InChI is InChI=1S/C11H18Cl2O4/c1-7(12)4-10(14)16-6-9(3)17-11(15)5-8(2)13/h7-9H,4-6H2,1-3H3. The van der Waals surface area contributed by atoms with Crippen LogP contribution in [0.5, 0.6) is 0 Å². The monoisotopic (exact) mass is 284 g/mol. The van der Waals surface area contributed by atoms with Crippen LogP contribution in [0.2, 0.25) is 0 Å². The van der Waals surface area contributed by atoms with Crippen molar-refractivity contribution < 1.29 is 19.1 Å². The van der Waals surface area contributed by atoms with Gasteiger partial charge >= 0.3 is 11.9 Å². The van der Waals surface area contributed by atoms with E-state index >= 15 is 0 Å². The number of hydrogen-bond donors (Lipinski definition) is 0. The quantitative estimate of drug-likeness (QED) is 0.532. The first-order valence-electron chi connectivity index (χ1n) is 5.44. The average molecular weight is 285 g/mol. The predicted molar refractivity (Wildman–Crippen MR) is 66.4 cm³/mol. The molecule has 0 N–H and O–H groups in total. The van der Waals surface area contributed by atoms with Crippen molar-refractivity contribution in [3.63, 3.8) is 0 Å². The first-order valence-corrected chi connectivity index (χ1v) is 6.31. The van der Waals surface area contributed by atoms with Gasteiger partial charge in [0.15, 0.2) is 0 Å². The fourth-order valence-corrected chi connectivity index (χ4v) is 1.29. The molecule has 3 unspecified atom stereocenters. The third-order valence-corrected chi connectivity index (χ3v) is 2.02. The minimum Gasteiger partial charge on any atom is -0.462 e. The minimum absolute atomic E-state index is 0.0326. The van der Waals surface area contributed by atoms with Crippen LogP contribution in [0.15, 0.2) is 0 Å². The van der Waals surface area contributed by atoms with Crippen molar-refractivity contribution in [1.29, 1.82) is 0 Å². The van der Waals surface area contributed by atoms with Crippen molar-refractivity contribution in [2.24, 2.45) is 0 Å². The second-order valence-electron chi connectivity index (χ2n) is 3.95. The Morgan fingerprint density at radius 1 is 1.00 bits per heavy atom. The summed E-state index contributed by atoms with van der Waals surface area (Å²) in [4.78, 5) is 22.4. The summed E-state index contributed by atoms with van der Waals surface area (Å²) in [5.74, 6) is -0.803. The molecule has 0 bridgehead atoms. The lowest BCUT2D eigenvalue weighted by Crippen LogP contribution is -2.24. The number of rotatable bonds is 7. The van der Waals surface area contributed by atoms with Gasteiger partial charge in [-0.2, -0.15) is 0 Å². The molecule has 0 saturated carbocycles. The van der Waals surface area contributed by atoms with E-state index in [0.29, 0.717) is 0 Å². The number of hydrogen-bond acceptors (Lipinski definition) is 4. The third kappa shape index (κ3) is 10.4. The van der Waals surface area contributed by atoms with E-state index in [1.165, 1.54) is 0 Å². The SMILES string of the molecule is CC(Cl)CC(=O)OCC(C)OC(=O)CC(C)Cl. The highest BCUT2D eigenvalue weighted by Gasteiger charge is 2.14.